The lowest BCUT2D eigenvalue weighted by Gasteiger charge is -2.14. The third kappa shape index (κ3) is 5.34. The van der Waals surface area contributed by atoms with Crippen LogP contribution in [-0.4, -0.2) is 27.3 Å². The number of carboxylic acids is 1. The van der Waals surface area contributed by atoms with E-state index in [-0.39, 0.29) is 6.42 Å². The number of aromatic nitrogens is 1. The number of aliphatic hydroxyl groups excluding tert-OH is 1. The summed E-state index contributed by atoms with van der Waals surface area (Å²) in [4.78, 5) is 23.6. The zero-order valence-corrected chi connectivity index (χ0v) is 19.6. The first kappa shape index (κ1) is 24.8. The maximum atomic E-state index is 14.0. The number of benzene rings is 3. The van der Waals surface area contributed by atoms with Gasteiger partial charge in [0.1, 0.15) is 11.9 Å². The lowest BCUT2D eigenvalue weighted by atomic mass is 9.99. The number of nitrogens with zero attached hydrogens (tertiary/aromatic N) is 1. The van der Waals surface area contributed by atoms with Crippen LogP contribution in [0.5, 0.6) is 0 Å². The zero-order valence-electron chi connectivity index (χ0n) is 19.6. The Bertz CT molecular complexity index is 1380. The van der Waals surface area contributed by atoms with Gasteiger partial charge in [0.25, 0.3) is 0 Å². The minimum absolute atomic E-state index is 0.0847. The lowest BCUT2D eigenvalue weighted by molar-refractivity contribution is -0.148. The van der Waals surface area contributed by atoms with Crippen LogP contribution in [0.2, 0.25) is 0 Å². The first-order valence-corrected chi connectivity index (χ1v) is 11.2. The molecule has 7 nitrogen and oxygen atoms in total. The van der Waals surface area contributed by atoms with Crippen LogP contribution in [-0.2, 0) is 20.7 Å². The Kier molecular flexibility index (Phi) is 7.26. The van der Waals surface area contributed by atoms with E-state index < -0.39 is 30.0 Å². The molecule has 0 aliphatic heterocycles. The molecule has 0 saturated heterocycles. The van der Waals surface area contributed by atoms with E-state index in [1.807, 2.05) is 24.3 Å². The van der Waals surface area contributed by atoms with Gasteiger partial charge in [0.05, 0.1) is 12.1 Å². The molecule has 0 bridgehead atoms. The number of rotatable bonds is 8. The van der Waals surface area contributed by atoms with Crippen LogP contribution in [0, 0.1) is 12.7 Å². The summed E-state index contributed by atoms with van der Waals surface area (Å²) in [6.07, 6.45) is -2.40. The summed E-state index contributed by atoms with van der Waals surface area (Å²) in [5, 5.41) is 22.6. The smallest absolute Gasteiger partial charge is 0.337 e. The normalized spacial score (nSPS) is 12.7. The summed E-state index contributed by atoms with van der Waals surface area (Å²) in [6, 6.07) is 20.1. The van der Waals surface area contributed by atoms with E-state index in [0.717, 1.165) is 11.1 Å². The standard InChI is InChI=1S/C28H24FNO6/c1-16-23(15-25(31)35-17(2)22-5-3-4-6-24(22)29)27(36-30-16)21-13-9-19(10-14-21)18-7-11-20(12-8-18)26(32)28(33)34/h3-14,17,26,32H,15H2,1-2H3,(H,33,34)/t17-,26?/m1/s1. The number of aryl methyl sites for hydroxylation is 1. The van der Waals surface area contributed by atoms with Crippen molar-refractivity contribution in [3.63, 3.8) is 0 Å². The Morgan fingerprint density at radius 2 is 1.56 bits per heavy atom. The number of hydrogen-bond acceptors (Lipinski definition) is 6. The van der Waals surface area contributed by atoms with Gasteiger partial charge in [-0.1, -0.05) is 71.9 Å². The zero-order chi connectivity index (χ0) is 25.8. The third-order valence-electron chi connectivity index (χ3n) is 5.90. The van der Waals surface area contributed by atoms with E-state index >= 15 is 0 Å². The van der Waals surface area contributed by atoms with Crippen molar-refractivity contribution in [3.8, 4) is 22.5 Å². The number of hydrogen-bond donors (Lipinski definition) is 2. The van der Waals surface area contributed by atoms with Crippen molar-refractivity contribution < 1.29 is 33.5 Å². The molecule has 2 N–H and O–H groups in total. The number of halogens is 1. The molecule has 1 heterocycles. The maximum absolute atomic E-state index is 14.0. The second-order valence-electron chi connectivity index (χ2n) is 8.35. The highest BCUT2D eigenvalue weighted by atomic mass is 19.1. The van der Waals surface area contributed by atoms with Crippen LogP contribution in [0.1, 0.15) is 41.5 Å². The fourth-order valence-corrected chi connectivity index (χ4v) is 3.89. The second kappa shape index (κ2) is 10.5. The molecule has 0 saturated carbocycles. The van der Waals surface area contributed by atoms with Gasteiger partial charge in [-0.25, -0.2) is 9.18 Å². The maximum Gasteiger partial charge on any atom is 0.337 e. The number of aliphatic carboxylic acids is 1. The minimum Gasteiger partial charge on any atom is -0.479 e. The van der Waals surface area contributed by atoms with Gasteiger partial charge in [-0.2, -0.15) is 0 Å². The Morgan fingerprint density at radius 1 is 0.972 bits per heavy atom. The molecule has 4 rings (SSSR count). The average Bonchev–Trinajstić information content (AvgIpc) is 3.23. The van der Waals surface area contributed by atoms with Gasteiger partial charge in [0, 0.05) is 16.7 Å². The molecular formula is C28H24FNO6. The number of esters is 1. The molecule has 0 aliphatic rings. The fraction of sp³-hybridized carbons (Fsp3) is 0.179. The van der Waals surface area contributed by atoms with Gasteiger partial charge in [0.2, 0.25) is 0 Å². The summed E-state index contributed by atoms with van der Waals surface area (Å²) in [5.74, 6) is -1.84. The highest BCUT2D eigenvalue weighted by molar-refractivity contribution is 5.78. The van der Waals surface area contributed by atoms with E-state index in [1.54, 1.807) is 56.3 Å². The van der Waals surface area contributed by atoms with E-state index in [0.29, 0.717) is 33.7 Å². The summed E-state index contributed by atoms with van der Waals surface area (Å²) < 4.78 is 25.0. The van der Waals surface area contributed by atoms with Crippen molar-refractivity contribution in [1.29, 1.82) is 0 Å². The molecule has 1 unspecified atom stereocenters. The highest BCUT2D eigenvalue weighted by Gasteiger charge is 2.22. The van der Waals surface area contributed by atoms with Gasteiger partial charge in [-0.05, 0) is 36.6 Å². The molecule has 0 spiro atoms. The molecule has 1 aromatic heterocycles. The molecule has 0 radical (unpaired) electrons. The molecule has 0 amide bonds. The number of carbonyl (C=O) groups is 2. The van der Waals surface area contributed by atoms with Crippen molar-refractivity contribution in [3.05, 3.63) is 101 Å². The monoisotopic (exact) mass is 489 g/mol. The van der Waals surface area contributed by atoms with Gasteiger partial charge >= 0.3 is 11.9 Å². The Hall–Kier alpha value is -4.30. The predicted octanol–water partition coefficient (Wildman–Crippen LogP) is 5.42. The molecule has 0 aliphatic carbocycles. The third-order valence-corrected chi connectivity index (χ3v) is 5.90. The highest BCUT2D eigenvalue weighted by Crippen LogP contribution is 2.30. The fourth-order valence-electron chi connectivity index (χ4n) is 3.89. The Morgan fingerprint density at radius 3 is 2.17 bits per heavy atom. The van der Waals surface area contributed by atoms with E-state index in [4.69, 9.17) is 14.4 Å². The number of carbonyl (C=O) groups excluding carboxylic acids is 1. The van der Waals surface area contributed by atoms with Crippen LogP contribution in [0.4, 0.5) is 4.39 Å². The van der Waals surface area contributed by atoms with Crippen LogP contribution < -0.4 is 0 Å². The first-order chi connectivity index (χ1) is 17.2. The van der Waals surface area contributed by atoms with Crippen LogP contribution in [0.15, 0.2) is 77.3 Å². The average molecular weight is 489 g/mol. The summed E-state index contributed by atoms with van der Waals surface area (Å²) >= 11 is 0. The van der Waals surface area contributed by atoms with Gasteiger partial charge < -0.3 is 19.5 Å². The van der Waals surface area contributed by atoms with Gasteiger partial charge in [-0.3, -0.25) is 4.79 Å². The topological polar surface area (TPSA) is 110 Å². The molecule has 8 heteroatoms. The van der Waals surface area contributed by atoms with E-state index in [2.05, 4.69) is 5.16 Å². The molecule has 36 heavy (non-hydrogen) atoms. The minimum atomic E-state index is -1.57. The second-order valence-corrected chi connectivity index (χ2v) is 8.35. The first-order valence-electron chi connectivity index (χ1n) is 11.2. The Labute approximate surface area is 206 Å². The van der Waals surface area contributed by atoms with Crippen molar-refractivity contribution in [2.75, 3.05) is 0 Å². The number of ether oxygens (including phenoxy) is 1. The lowest BCUT2D eigenvalue weighted by Crippen LogP contribution is -2.13. The quantitative estimate of drug-likeness (QED) is 0.318. The number of aliphatic hydroxyl groups is 1. The molecular weight excluding hydrogens is 465 g/mol. The number of carboxylic acid groups (broad SMARTS) is 1. The van der Waals surface area contributed by atoms with Crippen molar-refractivity contribution in [1.82, 2.24) is 5.16 Å². The molecule has 0 fully saturated rings. The van der Waals surface area contributed by atoms with Crippen LogP contribution >= 0.6 is 0 Å². The van der Waals surface area contributed by atoms with Gasteiger partial charge in [0.15, 0.2) is 11.9 Å². The van der Waals surface area contributed by atoms with E-state index in [1.165, 1.54) is 6.07 Å². The predicted molar refractivity (Wildman–Crippen MR) is 129 cm³/mol. The van der Waals surface area contributed by atoms with E-state index in [9.17, 15) is 19.1 Å². The summed E-state index contributed by atoms with van der Waals surface area (Å²) in [6.45, 7) is 3.35. The van der Waals surface area contributed by atoms with Crippen LogP contribution in [0.25, 0.3) is 22.5 Å². The van der Waals surface area contributed by atoms with Gasteiger partial charge in [-0.15, -0.1) is 0 Å². The largest absolute Gasteiger partial charge is 0.479 e. The molecule has 184 valence electrons. The summed E-state index contributed by atoms with van der Waals surface area (Å²) in [7, 11) is 0. The Balaban J connectivity index is 1.49. The summed E-state index contributed by atoms with van der Waals surface area (Å²) in [5.41, 5.74) is 4.14. The van der Waals surface area contributed by atoms with Crippen molar-refractivity contribution in [2.24, 2.45) is 0 Å². The molecule has 3 aromatic carbocycles. The molecule has 4 aromatic rings. The van der Waals surface area contributed by atoms with Crippen molar-refractivity contribution >= 4 is 11.9 Å². The van der Waals surface area contributed by atoms with Crippen LogP contribution in [0.3, 0.4) is 0 Å². The molecule has 2 atom stereocenters. The SMILES string of the molecule is Cc1noc(-c2ccc(-c3ccc(C(O)C(=O)O)cc3)cc2)c1CC(=O)O[C@H](C)c1ccccc1F. The van der Waals surface area contributed by atoms with Crippen molar-refractivity contribution in [2.45, 2.75) is 32.5 Å².